The molecule has 0 spiro atoms. The lowest BCUT2D eigenvalue weighted by Gasteiger charge is -2.14. The van der Waals surface area contributed by atoms with E-state index in [4.69, 9.17) is 4.74 Å². The number of rotatable bonds is 7. The molecule has 2 rings (SSSR count). The van der Waals surface area contributed by atoms with Crippen molar-refractivity contribution in [2.75, 3.05) is 26.2 Å². The van der Waals surface area contributed by atoms with Crippen LogP contribution in [0.2, 0.25) is 0 Å². The van der Waals surface area contributed by atoms with E-state index in [1.807, 2.05) is 30.3 Å². The molecule has 1 amide bonds. The van der Waals surface area contributed by atoms with Gasteiger partial charge in [-0.15, -0.1) is 0 Å². The van der Waals surface area contributed by atoms with Gasteiger partial charge in [-0.1, -0.05) is 42.0 Å². The highest BCUT2D eigenvalue weighted by Gasteiger charge is 2.05. The summed E-state index contributed by atoms with van der Waals surface area (Å²) in [4.78, 5) is 11.7. The van der Waals surface area contributed by atoms with Gasteiger partial charge in [0.15, 0.2) is 0 Å². The Hall–Kier alpha value is -1.65. The van der Waals surface area contributed by atoms with Crippen LogP contribution in [0.4, 0.5) is 0 Å². The Kier molecular flexibility index (Phi) is 6.27. The molecule has 0 bridgehead atoms. The molecule has 1 aliphatic rings. The monoisotopic (exact) mass is 274 g/mol. The van der Waals surface area contributed by atoms with Gasteiger partial charge in [0.2, 0.25) is 5.91 Å². The molecule has 1 aromatic carbocycles. The van der Waals surface area contributed by atoms with Crippen LogP contribution >= 0.6 is 0 Å². The Labute approximate surface area is 120 Å². The van der Waals surface area contributed by atoms with Crippen molar-refractivity contribution in [1.82, 2.24) is 10.6 Å². The smallest absolute Gasteiger partial charge is 0.222 e. The number of amides is 1. The third kappa shape index (κ3) is 5.55. The summed E-state index contributed by atoms with van der Waals surface area (Å²) >= 11 is 0. The van der Waals surface area contributed by atoms with E-state index in [1.165, 1.54) is 5.57 Å². The standard InChI is InChI=1S/C16H22N2O2/c19-16(18-12-14-6-9-17-10-7-14)8-11-20-13-15-4-2-1-3-5-15/h1-6,17H,7-13H2,(H,18,19). The van der Waals surface area contributed by atoms with Crippen molar-refractivity contribution in [2.45, 2.75) is 19.4 Å². The summed E-state index contributed by atoms with van der Waals surface area (Å²) in [7, 11) is 0. The fourth-order valence-corrected chi connectivity index (χ4v) is 2.06. The van der Waals surface area contributed by atoms with Crippen molar-refractivity contribution < 1.29 is 9.53 Å². The third-order valence-electron chi connectivity index (χ3n) is 3.26. The molecule has 1 heterocycles. The topological polar surface area (TPSA) is 50.4 Å². The second-order valence-corrected chi connectivity index (χ2v) is 4.88. The van der Waals surface area contributed by atoms with Gasteiger partial charge in [0, 0.05) is 19.5 Å². The lowest BCUT2D eigenvalue weighted by Crippen LogP contribution is -2.30. The second-order valence-electron chi connectivity index (χ2n) is 4.88. The minimum absolute atomic E-state index is 0.0532. The van der Waals surface area contributed by atoms with Crippen LogP contribution in [-0.2, 0) is 16.1 Å². The summed E-state index contributed by atoms with van der Waals surface area (Å²) < 4.78 is 5.50. The van der Waals surface area contributed by atoms with Crippen molar-refractivity contribution in [3.05, 3.63) is 47.5 Å². The molecule has 1 aromatic rings. The van der Waals surface area contributed by atoms with Gasteiger partial charge in [-0.3, -0.25) is 4.79 Å². The number of ether oxygens (including phenoxy) is 1. The average Bonchev–Trinajstić information content (AvgIpc) is 2.52. The highest BCUT2D eigenvalue weighted by molar-refractivity contribution is 5.76. The van der Waals surface area contributed by atoms with E-state index in [-0.39, 0.29) is 5.91 Å². The number of nitrogens with one attached hydrogen (secondary N) is 2. The third-order valence-corrected chi connectivity index (χ3v) is 3.26. The van der Waals surface area contributed by atoms with Gasteiger partial charge in [0.25, 0.3) is 0 Å². The largest absolute Gasteiger partial charge is 0.376 e. The zero-order valence-electron chi connectivity index (χ0n) is 11.7. The predicted octanol–water partition coefficient (Wildman–Crippen LogP) is 1.63. The number of carbonyl (C=O) groups is 1. The van der Waals surface area contributed by atoms with E-state index in [0.29, 0.717) is 26.2 Å². The molecule has 20 heavy (non-hydrogen) atoms. The van der Waals surface area contributed by atoms with Crippen molar-refractivity contribution >= 4 is 5.91 Å². The lowest BCUT2D eigenvalue weighted by atomic mass is 10.1. The molecule has 0 atom stereocenters. The molecule has 0 aromatic heterocycles. The SMILES string of the molecule is O=C(CCOCc1ccccc1)NCC1=CCNCC1. The Morgan fingerprint density at radius 2 is 2.15 bits per heavy atom. The maximum absolute atomic E-state index is 11.7. The van der Waals surface area contributed by atoms with Crippen LogP contribution in [0.5, 0.6) is 0 Å². The molecular formula is C16H22N2O2. The van der Waals surface area contributed by atoms with Crippen LogP contribution < -0.4 is 10.6 Å². The minimum Gasteiger partial charge on any atom is -0.376 e. The van der Waals surface area contributed by atoms with Crippen LogP contribution in [-0.4, -0.2) is 32.1 Å². The van der Waals surface area contributed by atoms with Gasteiger partial charge in [0.05, 0.1) is 13.2 Å². The minimum atomic E-state index is 0.0532. The second kappa shape index (κ2) is 8.51. The first-order valence-electron chi connectivity index (χ1n) is 7.11. The molecule has 0 saturated heterocycles. The normalized spacial score (nSPS) is 14.7. The van der Waals surface area contributed by atoms with Gasteiger partial charge in [-0.05, 0) is 18.5 Å². The van der Waals surface area contributed by atoms with Gasteiger partial charge < -0.3 is 15.4 Å². The summed E-state index contributed by atoms with van der Waals surface area (Å²) in [6.07, 6.45) is 3.58. The Bertz CT molecular complexity index is 443. The van der Waals surface area contributed by atoms with E-state index >= 15 is 0 Å². The Balaban J connectivity index is 1.55. The Morgan fingerprint density at radius 1 is 1.30 bits per heavy atom. The Morgan fingerprint density at radius 3 is 2.90 bits per heavy atom. The van der Waals surface area contributed by atoms with E-state index in [9.17, 15) is 4.79 Å². The van der Waals surface area contributed by atoms with Gasteiger partial charge >= 0.3 is 0 Å². The predicted molar refractivity (Wildman–Crippen MR) is 79.3 cm³/mol. The number of hydrogen-bond donors (Lipinski definition) is 2. The first kappa shape index (κ1) is 14.8. The van der Waals surface area contributed by atoms with E-state index in [0.717, 1.165) is 25.1 Å². The fourth-order valence-electron chi connectivity index (χ4n) is 2.06. The van der Waals surface area contributed by atoms with Crippen molar-refractivity contribution in [2.24, 2.45) is 0 Å². The molecule has 108 valence electrons. The van der Waals surface area contributed by atoms with Crippen LogP contribution in [0.15, 0.2) is 42.0 Å². The maximum atomic E-state index is 11.7. The number of hydrogen-bond acceptors (Lipinski definition) is 3. The summed E-state index contributed by atoms with van der Waals surface area (Å²) in [5.41, 5.74) is 2.44. The van der Waals surface area contributed by atoms with Crippen LogP contribution in [0, 0.1) is 0 Å². The summed E-state index contributed by atoms with van der Waals surface area (Å²) in [5, 5.41) is 6.19. The number of carbonyl (C=O) groups excluding carboxylic acids is 1. The van der Waals surface area contributed by atoms with Crippen molar-refractivity contribution in [3.8, 4) is 0 Å². The molecule has 0 radical (unpaired) electrons. The first-order chi connectivity index (χ1) is 9.84. The van der Waals surface area contributed by atoms with Crippen molar-refractivity contribution in [1.29, 1.82) is 0 Å². The van der Waals surface area contributed by atoms with E-state index in [1.54, 1.807) is 0 Å². The highest BCUT2D eigenvalue weighted by Crippen LogP contribution is 2.03. The lowest BCUT2D eigenvalue weighted by molar-refractivity contribution is -0.122. The highest BCUT2D eigenvalue weighted by atomic mass is 16.5. The summed E-state index contributed by atoms with van der Waals surface area (Å²) in [6.45, 7) is 3.60. The fraction of sp³-hybridized carbons (Fsp3) is 0.438. The molecule has 0 fully saturated rings. The summed E-state index contributed by atoms with van der Waals surface area (Å²) in [5.74, 6) is 0.0532. The molecule has 4 nitrogen and oxygen atoms in total. The molecule has 2 N–H and O–H groups in total. The molecule has 0 aliphatic carbocycles. The first-order valence-corrected chi connectivity index (χ1v) is 7.11. The summed E-state index contributed by atoms with van der Waals surface area (Å²) in [6, 6.07) is 9.98. The van der Waals surface area contributed by atoms with Gasteiger partial charge in [0.1, 0.15) is 0 Å². The zero-order valence-corrected chi connectivity index (χ0v) is 11.7. The molecule has 0 unspecified atom stereocenters. The molecule has 4 heteroatoms. The quantitative estimate of drug-likeness (QED) is 0.587. The molecule has 0 saturated carbocycles. The molecule has 1 aliphatic heterocycles. The average molecular weight is 274 g/mol. The van der Waals surface area contributed by atoms with Crippen LogP contribution in [0.3, 0.4) is 0 Å². The zero-order chi connectivity index (χ0) is 14.0. The van der Waals surface area contributed by atoms with E-state index < -0.39 is 0 Å². The number of benzene rings is 1. The van der Waals surface area contributed by atoms with Crippen LogP contribution in [0.1, 0.15) is 18.4 Å². The van der Waals surface area contributed by atoms with Crippen LogP contribution in [0.25, 0.3) is 0 Å². The van der Waals surface area contributed by atoms with Crippen molar-refractivity contribution in [3.63, 3.8) is 0 Å². The van der Waals surface area contributed by atoms with Gasteiger partial charge in [-0.25, -0.2) is 0 Å². The molecular weight excluding hydrogens is 252 g/mol. The van der Waals surface area contributed by atoms with E-state index in [2.05, 4.69) is 16.7 Å². The van der Waals surface area contributed by atoms with Gasteiger partial charge in [-0.2, -0.15) is 0 Å². The maximum Gasteiger partial charge on any atom is 0.222 e.